The lowest BCUT2D eigenvalue weighted by Crippen LogP contribution is -2.39. The number of hydrogen-bond acceptors (Lipinski definition) is 6. The molecule has 3 rings (SSSR count). The molecule has 0 radical (unpaired) electrons. The van der Waals surface area contributed by atoms with Gasteiger partial charge in [0.25, 0.3) is 0 Å². The molecule has 8 heteroatoms. The predicted molar refractivity (Wildman–Crippen MR) is 84.2 cm³/mol. The molecular weight excluding hydrogens is 340 g/mol. The van der Waals surface area contributed by atoms with Gasteiger partial charge in [-0.1, -0.05) is 0 Å². The maximum Gasteiger partial charge on any atom is 0.200 e. The van der Waals surface area contributed by atoms with Crippen LogP contribution >= 0.6 is 27.5 Å². The molecule has 0 fully saturated rings. The number of hydrogen-bond donors (Lipinski definition) is 1. The van der Waals surface area contributed by atoms with E-state index in [4.69, 9.17) is 0 Å². The Morgan fingerprint density at radius 1 is 1.50 bits per heavy atom. The second-order valence-corrected chi connectivity index (χ2v) is 6.32. The Morgan fingerprint density at radius 3 is 3.00 bits per heavy atom. The van der Waals surface area contributed by atoms with E-state index in [-0.39, 0.29) is 0 Å². The van der Waals surface area contributed by atoms with Gasteiger partial charge in [0, 0.05) is 19.7 Å². The summed E-state index contributed by atoms with van der Waals surface area (Å²) in [6.07, 6.45) is 1.82. The Labute approximate surface area is 129 Å². The van der Waals surface area contributed by atoms with Crippen LogP contribution in [-0.2, 0) is 13.6 Å². The van der Waals surface area contributed by atoms with Crippen molar-refractivity contribution >= 4 is 39.2 Å². The summed E-state index contributed by atoms with van der Waals surface area (Å²) in [7, 11) is 1.96. The Hall–Kier alpha value is -1.41. The Morgan fingerprint density at radius 2 is 2.35 bits per heavy atom. The second-order valence-electron chi connectivity index (χ2n) is 4.57. The first-order chi connectivity index (χ1) is 9.65. The molecule has 20 heavy (non-hydrogen) atoms. The molecule has 0 spiro atoms. The number of nitrogens with zero attached hydrogens (tertiary/aromatic N) is 5. The number of aromatic nitrogens is 3. The molecule has 106 valence electrons. The van der Waals surface area contributed by atoms with Crippen LogP contribution in [0.25, 0.3) is 0 Å². The molecule has 0 saturated heterocycles. The minimum absolute atomic E-state index is 0.720. The lowest BCUT2D eigenvalue weighted by molar-refractivity contribution is 0.743. The largest absolute Gasteiger partial charge is 0.351 e. The van der Waals surface area contributed by atoms with Crippen LogP contribution in [0.4, 0.5) is 5.82 Å². The zero-order valence-electron chi connectivity index (χ0n) is 11.3. The number of aliphatic imine (C=N–C) groups is 1. The minimum Gasteiger partial charge on any atom is -0.351 e. The summed E-state index contributed by atoms with van der Waals surface area (Å²) in [5.41, 5.74) is 1.01. The Balaban J connectivity index is 1.73. The highest BCUT2D eigenvalue weighted by Gasteiger charge is 2.21. The molecule has 2 aromatic heterocycles. The highest BCUT2D eigenvalue weighted by atomic mass is 79.9. The second kappa shape index (κ2) is 5.53. The van der Waals surface area contributed by atoms with Crippen molar-refractivity contribution in [3.8, 4) is 0 Å². The SMILES string of the molecule is Cc1cc(N2CCN=C2NCc2sncc2Br)n(C)n1. The van der Waals surface area contributed by atoms with E-state index >= 15 is 0 Å². The van der Waals surface area contributed by atoms with E-state index in [9.17, 15) is 0 Å². The number of guanidine groups is 1. The van der Waals surface area contributed by atoms with Crippen molar-refractivity contribution in [2.45, 2.75) is 13.5 Å². The number of rotatable bonds is 3. The monoisotopic (exact) mass is 354 g/mol. The van der Waals surface area contributed by atoms with Gasteiger partial charge < -0.3 is 5.32 Å². The summed E-state index contributed by atoms with van der Waals surface area (Å²) < 4.78 is 7.08. The van der Waals surface area contributed by atoms with Crippen molar-refractivity contribution in [2.24, 2.45) is 12.0 Å². The van der Waals surface area contributed by atoms with Crippen LogP contribution in [0.5, 0.6) is 0 Å². The van der Waals surface area contributed by atoms with Crippen LogP contribution in [0.1, 0.15) is 10.6 Å². The van der Waals surface area contributed by atoms with Crippen LogP contribution in [0.2, 0.25) is 0 Å². The highest BCUT2D eigenvalue weighted by molar-refractivity contribution is 9.10. The summed E-state index contributed by atoms with van der Waals surface area (Å²) in [6.45, 7) is 4.40. The smallest absolute Gasteiger partial charge is 0.200 e. The molecule has 0 amide bonds. The maximum atomic E-state index is 4.53. The third-order valence-electron chi connectivity index (χ3n) is 3.10. The van der Waals surface area contributed by atoms with Crippen LogP contribution in [0.3, 0.4) is 0 Å². The first kappa shape index (κ1) is 13.6. The van der Waals surface area contributed by atoms with Gasteiger partial charge >= 0.3 is 0 Å². The molecule has 0 saturated carbocycles. The third kappa shape index (κ3) is 2.57. The minimum atomic E-state index is 0.720. The lowest BCUT2D eigenvalue weighted by Gasteiger charge is -2.20. The summed E-state index contributed by atoms with van der Waals surface area (Å²) in [5, 5.41) is 7.78. The number of halogens is 1. The Bertz CT molecular complexity index is 646. The zero-order valence-corrected chi connectivity index (χ0v) is 13.7. The first-order valence-electron chi connectivity index (χ1n) is 6.30. The van der Waals surface area contributed by atoms with Crippen molar-refractivity contribution in [3.05, 3.63) is 27.3 Å². The fourth-order valence-corrected chi connectivity index (χ4v) is 3.36. The summed E-state index contributed by atoms with van der Waals surface area (Å²) >= 11 is 4.98. The van der Waals surface area contributed by atoms with E-state index in [1.165, 1.54) is 16.4 Å². The van der Waals surface area contributed by atoms with Crippen molar-refractivity contribution in [2.75, 3.05) is 18.0 Å². The van der Waals surface area contributed by atoms with E-state index in [0.717, 1.165) is 41.6 Å². The van der Waals surface area contributed by atoms with Gasteiger partial charge in [-0.3, -0.25) is 14.6 Å². The number of aryl methyl sites for hydroxylation is 2. The quantitative estimate of drug-likeness (QED) is 0.914. The Kier molecular flexibility index (Phi) is 3.75. The van der Waals surface area contributed by atoms with Gasteiger partial charge in [-0.25, -0.2) is 0 Å². The van der Waals surface area contributed by atoms with Crippen molar-refractivity contribution < 1.29 is 0 Å². The van der Waals surface area contributed by atoms with Gasteiger partial charge in [0.2, 0.25) is 0 Å². The molecule has 1 N–H and O–H groups in total. The fourth-order valence-electron chi connectivity index (χ4n) is 2.20. The average Bonchev–Trinajstić information content (AvgIpc) is 3.08. The topological polar surface area (TPSA) is 58.3 Å². The fraction of sp³-hybridized carbons (Fsp3) is 0.417. The van der Waals surface area contributed by atoms with Gasteiger partial charge in [0.05, 0.1) is 34.3 Å². The summed E-state index contributed by atoms with van der Waals surface area (Å²) in [4.78, 5) is 7.86. The van der Waals surface area contributed by atoms with Crippen molar-refractivity contribution in [1.82, 2.24) is 19.5 Å². The summed E-state index contributed by atoms with van der Waals surface area (Å²) in [5.74, 6) is 1.96. The third-order valence-corrected chi connectivity index (χ3v) is 4.84. The van der Waals surface area contributed by atoms with Crippen molar-refractivity contribution in [1.29, 1.82) is 0 Å². The maximum absolute atomic E-state index is 4.53. The molecule has 6 nitrogen and oxygen atoms in total. The van der Waals surface area contributed by atoms with E-state index in [2.05, 4.69) is 46.7 Å². The zero-order chi connectivity index (χ0) is 14.1. The van der Waals surface area contributed by atoms with Gasteiger partial charge in [0.15, 0.2) is 5.96 Å². The van der Waals surface area contributed by atoms with E-state index in [1.807, 2.05) is 24.9 Å². The van der Waals surface area contributed by atoms with Crippen LogP contribution < -0.4 is 10.2 Å². The molecular formula is C12H15BrN6S. The van der Waals surface area contributed by atoms with E-state index in [1.54, 1.807) is 0 Å². The number of anilines is 1. The highest BCUT2D eigenvalue weighted by Crippen LogP contribution is 2.21. The normalized spacial score (nSPS) is 14.8. The standard InChI is InChI=1S/C12H15BrN6S/c1-8-5-11(18(2)17-8)19-4-3-14-12(19)15-7-10-9(13)6-16-20-10/h5-6H,3-4,7H2,1-2H3,(H,14,15). The number of nitrogens with one attached hydrogen (secondary N) is 1. The molecule has 3 heterocycles. The van der Waals surface area contributed by atoms with Gasteiger partial charge in [-0.2, -0.15) is 9.47 Å². The first-order valence-corrected chi connectivity index (χ1v) is 7.87. The molecule has 0 unspecified atom stereocenters. The van der Waals surface area contributed by atoms with E-state index in [0.29, 0.717) is 0 Å². The van der Waals surface area contributed by atoms with E-state index < -0.39 is 0 Å². The summed E-state index contributed by atoms with van der Waals surface area (Å²) in [6, 6.07) is 2.07. The molecule has 1 aliphatic heterocycles. The van der Waals surface area contributed by atoms with Gasteiger partial charge in [-0.05, 0) is 34.4 Å². The average molecular weight is 355 g/mol. The lowest BCUT2D eigenvalue weighted by atomic mass is 10.4. The van der Waals surface area contributed by atoms with Crippen molar-refractivity contribution in [3.63, 3.8) is 0 Å². The van der Waals surface area contributed by atoms with Crippen LogP contribution in [-0.4, -0.2) is 33.2 Å². The van der Waals surface area contributed by atoms with Gasteiger partial charge in [-0.15, -0.1) is 0 Å². The van der Waals surface area contributed by atoms with Gasteiger partial charge in [0.1, 0.15) is 5.82 Å². The predicted octanol–water partition coefficient (Wildman–Crippen LogP) is 1.91. The molecule has 2 aromatic rings. The molecule has 0 aliphatic carbocycles. The molecule has 1 aliphatic rings. The van der Waals surface area contributed by atoms with Crippen LogP contribution in [0.15, 0.2) is 21.7 Å². The van der Waals surface area contributed by atoms with Crippen LogP contribution in [0, 0.1) is 6.92 Å². The molecule has 0 aromatic carbocycles. The molecule has 0 bridgehead atoms. The molecule has 0 atom stereocenters.